The minimum Gasteiger partial charge on any atom is -0.462 e. The van der Waals surface area contributed by atoms with E-state index >= 15 is 0 Å². The number of anilines is 1. The maximum absolute atomic E-state index is 13.3. The smallest absolute Gasteiger partial charge is 0.351 e. The van der Waals surface area contributed by atoms with Gasteiger partial charge >= 0.3 is 5.97 Å². The van der Waals surface area contributed by atoms with E-state index in [-0.39, 0.29) is 17.2 Å². The summed E-state index contributed by atoms with van der Waals surface area (Å²) in [7, 11) is -4.20. The van der Waals surface area contributed by atoms with Crippen LogP contribution in [0.1, 0.15) is 18.1 Å². The van der Waals surface area contributed by atoms with Crippen LogP contribution in [-0.4, -0.2) is 21.0 Å². The van der Waals surface area contributed by atoms with Gasteiger partial charge in [0.1, 0.15) is 0 Å². The molecule has 0 saturated heterocycles. The van der Waals surface area contributed by atoms with E-state index < -0.39 is 32.3 Å². The van der Waals surface area contributed by atoms with Crippen molar-refractivity contribution in [3.8, 4) is 0 Å². The van der Waals surface area contributed by atoms with Crippen molar-refractivity contribution in [2.24, 2.45) is 0 Å². The molecule has 0 aliphatic carbocycles. The second-order valence-corrected chi connectivity index (χ2v) is 7.75. The van der Waals surface area contributed by atoms with E-state index in [0.717, 1.165) is 18.3 Å². The highest BCUT2D eigenvalue weighted by Gasteiger charge is 2.29. The van der Waals surface area contributed by atoms with Gasteiger partial charge in [0.2, 0.25) is 9.84 Å². The molecule has 0 aliphatic rings. The molecule has 5 nitrogen and oxygen atoms in total. The third-order valence-corrected chi connectivity index (χ3v) is 5.28. The zero-order chi connectivity index (χ0) is 20.2. The van der Waals surface area contributed by atoms with Crippen molar-refractivity contribution in [2.45, 2.75) is 25.7 Å². The molecule has 0 fully saturated rings. The predicted molar refractivity (Wildman–Crippen MR) is 97.8 cm³/mol. The summed E-state index contributed by atoms with van der Waals surface area (Å²) < 4.78 is 57.1. The van der Waals surface area contributed by atoms with Crippen LogP contribution < -0.4 is 5.32 Å². The lowest BCUT2D eigenvalue weighted by molar-refractivity contribution is -0.137. The number of aryl methyl sites for hydroxylation is 2. The van der Waals surface area contributed by atoms with Crippen molar-refractivity contribution in [3.63, 3.8) is 0 Å². The molecule has 0 aliphatic heterocycles. The van der Waals surface area contributed by atoms with Crippen LogP contribution in [0.4, 0.5) is 14.5 Å². The maximum Gasteiger partial charge on any atom is 0.351 e. The molecule has 8 heteroatoms. The highest BCUT2D eigenvalue weighted by Crippen LogP contribution is 2.23. The van der Waals surface area contributed by atoms with Crippen LogP contribution in [0.5, 0.6) is 0 Å². The molecule has 0 heterocycles. The van der Waals surface area contributed by atoms with Crippen LogP contribution >= 0.6 is 0 Å². The molecule has 0 spiro atoms. The fourth-order valence-electron chi connectivity index (χ4n) is 2.40. The average Bonchev–Trinajstić information content (AvgIpc) is 2.57. The first-order valence-corrected chi connectivity index (χ1v) is 9.55. The predicted octanol–water partition coefficient (Wildman–Crippen LogP) is 3.87. The minimum atomic E-state index is -4.20. The summed E-state index contributed by atoms with van der Waals surface area (Å²) >= 11 is 0. The van der Waals surface area contributed by atoms with Gasteiger partial charge in [-0.05, 0) is 56.2 Å². The van der Waals surface area contributed by atoms with E-state index in [0.29, 0.717) is 11.1 Å². The molecule has 2 aromatic rings. The van der Waals surface area contributed by atoms with Crippen molar-refractivity contribution >= 4 is 21.5 Å². The highest BCUT2D eigenvalue weighted by atomic mass is 32.2. The number of sulfone groups is 1. The van der Waals surface area contributed by atoms with Crippen molar-refractivity contribution in [3.05, 3.63) is 70.3 Å². The summed E-state index contributed by atoms with van der Waals surface area (Å²) in [6.07, 6.45) is 0.914. The molecule has 2 rings (SSSR count). The summed E-state index contributed by atoms with van der Waals surface area (Å²) in [5, 5.41) is 2.51. The summed E-state index contributed by atoms with van der Waals surface area (Å²) in [6.45, 7) is 4.99. The lowest BCUT2D eigenvalue weighted by Crippen LogP contribution is -2.18. The third kappa shape index (κ3) is 4.91. The summed E-state index contributed by atoms with van der Waals surface area (Å²) in [5.41, 5.74) is 1.50. The lowest BCUT2D eigenvalue weighted by atomic mass is 10.2. The summed E-state index contributed by atoms with van der Waals surface area (Å²) in [4.78, 5) is 11.5. The van der Waals surface area contributed by atoms with Crippen molar-refractivity contribution < 1.29 is 26.7 Å². The van der Waals surface area contributed by atoms with Crippen molar-refractivity contribution in [1.82, 2.24) is 0 Å². The first-order valence-electron chi connectivity index (χ1n) is 8.07. The largest absolute Gasteiger partial charge is 0.462 e. The molecule has 0 radical (unpaired) electrons. The topological polar surface area (TPSA) is 72.5 Å². The second-order valence-electron chi connectivity index (χ2n) is 5.83. The molecule has 1 N–H and O–H groups in total. The molecular formula is C19H19F2NO4S. The molecule has 0 aromatic heterocycles. The Morgan fingerprint density at radius 1 is 1.07 bits per heavy atom. The lowest BCUT2D eigenvalue weighted by Gasteiger charge is -2.11. The van der Waals surface area contributed by atoms with Crippen molar-refractivity contribution in [1.29, 1.82) is 0 Å². The van der Waals surface area contributed by atoms with Gasteiger partial charge in [-0.3, -0.25) is 0 Å². The van der Waals surface area contributed by atoms with Gasteiger partial charge in [-0.15, -0.1) is 0 Å². The fraction of sp³-hybridized carbons (Fsp3) is 0.211. The van der Waals surface area contributed by atoms with Crippen molar-refractivity contribution in [2.75, 3.05) is 11.9 Å². The Labute approximate surface area is 156 Å². The Hall–Kier alpha value is -2.74. The number of carbonyl (C=O) groups excluding carboxylic acids is 1. The molecule has 27 heavy (non-hydrogen) atoms. The van der Waals surface area contributed by atoms with E-state index in [2.05, 4.69) is 5.32 Å². The quantitative estimate of drug-likeness (QED) is 0.594. The third-order valence-electron chi connectivity index (χ3n) is 3.56. The number of carbonyl (C=O) groups is 1. The fourth-order valence-corrected chi connectivity index (χ4v) is 3.83. The summed E-state index contributed by atoms with van der Waals surface area (Å²) in [6, 6.07) is 7.61. The maximum atomic E-state index is 13.3. The number of nitrogens with one attached hydrogen (secondary N) is 1. The standard InChI is InChI=1S/C19H19F2NO4S/c1-4-26-19(23)18(11-22-14-5-6-16(20)17(21)10-14)27(24,25)15-8-12(2)7-13(3)9-15/h5-11,22H,4H2,1-3H3/b18-11+. The van der Waals surface area contributed by atoms with E-state index in [4.69, 9.17) is 4.74 Å². The second kappa shape index (κ2) is 8.30. The first-order chi connectivity index (χ1) is 12.6. The van der Waals surface area contributed by atoms with Crippen LogP contribution in [0, 0.1) is 25.5 Å². The monoisotopic (exact) mass is 395 g/mol. The first kappa shape index (κ1) is 20.6. The normalized spacial score (nSPS) is 12.0. The van der Waals surface area contributed by atoms with Gasteiger partial charge in [0, 0.05) is 18.0 Å². The van der Waals surface area contributed by atoms with Crippen LogP contribution in [0.3, 0.4) is 0 Å². The number of benzene rings is 2. The van der Waals surface area contributed by atoms with Crippen LogP contribution in [-0.2, 0) is 19.4 Å². The van der Waals surface area contributed by atoms with Gasteiger partial charge in [0.05, 0.1) is 11.5 Å². The van der Waals surface area contributed by atoms with Gasteiger partial charge in [-0.1, -0.05) is 6.07 Å². The van der Waals surface area contributed by atoms with Crippen LogP contribution in [0.15, 0.2) is 52.4 Å². The summed E-state index contributed by atoms with van der Waals surface area (Å²) in [5.74, 6) is -3.20. The molecule has 2 aromatic carbocycles. The number of halogens is 2. The van der Waals surface area contributed by atoms with Gasteiger partial charge in [0.25, 0.3) is 0 Å². The molecule has 0 amide bonds. The zero-order valence-electron chi connectivity index (χ0n) is 15.0. The van der Waals surface area contributed by atoms with E-state index in [1.807, 2.05) is 0 Å². The number of hydrogen-bond donors (Lipinski definition) is 1. The number of esters is 1. The van der Waals surface area contributed by atoms with Crippen LogP contribution in [0.25, 0.3) is 0 Å². The van der Waals surface area contributed by atoms with E-state index in [1.165, 1.54) is 18.2 Å². The Kier molecular flexibility index (Phi) is 6.32. The molecule has 0 unspecified atom stereocenters. The Morgan fingerprint density at radius 3 is 2.26 bits per heavy atom. The molecule has 0 atom stereocenters. The molecule has 144 valence electrons. The molecule has 0 saturated carbocycles. The Morgan fingerprint density at radius 2 is 1.70 bits per heavy atom. The van der Waals surface area contributed by atoms with Gasteiger partial charge in [-0.25, -0.2) is 22.0 Å². The van der Waals surface area contributed by atoms with E-state index in [9.17, 15) is 22.0 Å². The SMILES string of the molecule is CCOC(=O)/C(=C\Nc1ccc(F)c(F)c1)S(=O)(=O)c1cc(C)cc(C)c1. The zero-order valence-corrected chi connectivity index (χ0v) is 15.9. The molecular weight excluding hydrogens is 376 g/mol. The van der Waals surface area contributed by atoms with Gasteiger partial charge < -0.3 is 10.1 Å². The highest BCUT2D eigenvalue weighted by molar-refractivity contribution is 7.96. The van der Waals surface area contributed by atoms with Gasteiger partial charge in [-0.2, -0.15) is 0 Å². The average molecular weight is 395 g/mol. The van der Waals surface area contributed by atoms with E-state index in [1.54, 1.807) is 26.8 Å². The number of hydrogen-bond acceptors (Lipinski definition) is 5. The number of rotatable bonds is 6. The Bertz CT molecular complexity index is 981. The Balaban J connectivity index is 2.49. The van der Waals surface area contributed by atoms with Gasteiger partial charge in [0.15, 0.2) is 16.5 Å². The van der Waals surface area contributed by atoms with Crippen LogP contribution in [0.2, 0.25) is 0 Å². The number of ether oxygens (including phenoxy) is 1. The molecule has 0 bridgehead atoms. The minimum absolute atomic E-state index is 0.0241.